The molecule has 0 aliphatic carbocycles. The molecule has 0 amide bonds. The number of rotatable bonds is 4. The Labute approximate surface area is 152 Å². The highest BCUT2D eigenvalue weighted by atomic mass is 16.5. The summed E-state index contributed by atoms with van der Waals surface area (Å²) in [6.07, 6.45) is 1.23. The lowest BCUT2D eigenvalue weighted by atomic mass is 10.1. The molecule has 25 heavy (non-hydrogen) atoms. The van der Waals surface area contributed by atoms with Crippen molar-refractivity contribution >= 4 is 5.96 Å². The number of hydrogen-bond donors (Lipinski definition) is 1. The first kappa shape index (κ1) is 17.5. The van der Waals surface area contributed by atoms with Gasteiger partial charge in [-0.2, -0.15) is 0 Å². The number of nitrogens with zero attached hydrogens (tertiary/aromatic N) is 5. The van der Waals surface area contributed by atoms with Crippen molar-refractivity contribution in [1.29, 1.82) is 0 Å². The van der Waals surface area contributed by atoms with E-state index in [0.29, 0.717) is 6.04 Å². The molecule has 0 saturated carbocycles. The third-order valence-corrected chi connectivity index (χ3v) is 6.31. The minimum absolute atomic E-state index is 0.642. The number of aliphatic imine (C=N–C) groups is 1. The molecule has 1 N–H and O–H groups in total. The maximum Gasteiger partial charge on any atom is 0.193 e. The molecule has 0 aromatic rings. The van der Waals surface area contributed by atoms with Gasteiger partial charge in [-0.15, -0.1) is 0 Å². The van der Waals surface area contributed by atoms with Gasteiger partial charge >= 0.3 is 0 Å². The van der Waals surface area contributed by atoms with Crippen molar-refractivity contribution in [3.63, 3.8) is 0 Å². The minimum atomic E-state index is 0.642. The lowest BCUT2D eigenvalue weighted by Crippen LogP contribution is -2.64. The predicted molar refractivity (Wildman–Crippen MR) is 100 cm³/mol. The van der Waals surface area contributed by atoms with Gasteiger partial charge in [0.05, 0.1) is 6.61 Å². The maximum absolute atomic E-state index is 5.51. The number of guanidine groups is 1. The summed E-state index contributed by atoms with van der Waals surface area (Å²) < 4.78 is 5.51. The Hall–Kier alpha value is -0.890. The van der Waals surface area contributed by atoms with Gasteiger partial charge in [-0.25, -0.2) is 0 Å². The Kier molecular flexibility index (Phi) is 5.75. The summed E-state index contributed by atoms with van der Waals surface area (Å²) in [7, 11) is 1.92. The maximum atomic E-state index is 5.51. The molecule has 5 rings (SSSR count). The summed E-state index contributed by atoms with van der Waals surface area (Å²) in [6.45, 7) is 14.7. The van der Waals surface area contributed by atoms with Gasteiger partial charge < -0.3 is 15.0 Å². The molecule has 5 heterocycles. The van der Waals surface area contributed by atoms with Crippen molar-refractivity contribution < 1.29 is 4.74 Å². The van der Waals surface area contributed by atoms with Gasteiger partial charge in [0.2, 0.25) is 0 Å². The molecule has 2 bridgehead atoms. The molecule has 5 fully saturated rings. The monoisotopic (exact) mass is 350 g/mol. The van der Waals surface area contributed by atoms with Crippen LogP contribution < -0.4 is 5.32 Å². The van der Waals surface area contributed by atoms with Gasteiger partial charge in [-0.05, 0) is 12.3 Å². The Morgan fingerprint density at radius 1 is 1.08 bits per heavy atom. The SMILES string of the molecule is CN=C(NCC1CN2CCN1CC2)N1CCN(CC2CCOC2)CC1. The van der Waals surface area contributed by atoms with Crippen LogP contribution in [0.4, 0.5) is 0 Å². The Balaban J connectivity index is 1.21. The number of ether oxygens (including phenoxy) is 1. The molecule has 7 nitrogen and oxygen atoms in total. The fraction of sp³-hybridized carbons (Fsp3) is 0.944. The van der Waals surface area contributed by atoms with E-state index in [9.17, 15) is 0 Å². The van der Waals surface area contributed by atoms with E-state index in [2.05, 4.69) is 29.9 Å². The summed E-state index contributed by atoms with van der Waals surface area (Å²) in [5.74, 6) is 1.83. The second-order valence-electron chi connectivity index (χ2n) is 7.94. The Morgan fingerprint density at radius 3 is 2.48 bits per heavy atom. The van der Waals surface area contributed by atoms with Crippen LogP contribution in [-0.4, -0.2) is 124 Å². The molecule has 0 aromatic carbocycles. The van der Waals surface area contributed by atoms with Gasteiger partial charge in [0.25, 0.3) is 0 Å². The van der Waals surface area contributed by atoms with Crippen LogP contribution in [0.5, 0.6) is 0 Å². The molecule has 5 saturated heterocycles. The van der Waals surface area contributed by atoms with Gasteiger partial charge in [-0.1, -0.05) is 0 Å². The Bertz CT molecular complexity index is 450. The van der Waals surface area contributed by atoms with Crippen molar-refractivity contribution in [2.75, 3.05) is 92.3 Å². The molecular weight excluding hydrogens is 316 g/mol. The summed E-state index contributed by atoms with van der Waals surface area (Å²) in [4.78, 5) is 14.8. The van der Waals surface area contributed by atoms with Gasteiger partial charge in [-0.3, -0.25) is 19.7 Å². The zero-order valence-corrected chi connectivity index (χ0v) is 15.7. The van der Waals surface area contributed by atoms with E-state index >= 15 is 0 Å². The van der Waals surface area contributed by atoms with Crippen LogP contribution in [0.2, 0.25) is 0 Å². The van der Waals surface area contributed by atoms with E-state index in [1.54, 1.807) is 0 Å². The molecule has 0 aromatic heterocycles. The standard InChI is InChI=1S/C18H34N6O/c1-19-18(20-12-17-14-22-3-7-23(17)8-4-22)24-9-5-21(6-10-24)13-16-2-11-25-15-16/h16-17H,2-15H2,1H3,(H,19,20). The average Bonchev–Trinajstić information content (AvgIpc) is 3.17. The number of hydrogen-bond acceptors (Lipinski definition) is 5. The fourth-order valence-electron chi connectivity index (χ4n) is 4.69. The lowest BCUT2D eigenvalue weighted by molar-refractivity contribution is 0.0151. The summed E-state index contributed by atoms with van der Waals surface area (Å²) in [5.41, 5.74) is 0. The fourth-order valence-corrected chi connectivity index (χ4v) is 4.69. The van der Waals surface area contributed by atoms with Crippen molar-refractivity contribution in [3.05, 3.63) is 0 Å². The second kappa shape index (κ2) is 8.20. The highest BCUT2D eigenvalue weighted by Crippen LogP contribution is 2.16. The third-order valence-electron chi connectivity index (χ3n) is 6.31. The Morgan fingerprint density at radius 2 is 1.88 bits per heavy atom. The number of nitrogens with one attached hydrogen (secondary N) is 1. The van der Waals surface area contributed by atoms with Crippen LogP contribution in [0.15, 0.2) is 4.99 Å². The van der Waals surface area contributed by atoms with Crippen molar-refractivity contribution in [2.45, 2.75) is 12.5 Å². The molecule has 5 aliphatic heterocycles. The first-order valence-corrected chi connectivity index (χ1v) is 10.0. The normalized spacial score (nSPS) is 36.8. The van der Waals surface area contributed by atoms with E-state index in [1.165, 1.54) is 45.7 Å². The van der Waals surface area contributed by atoms with Crippen LogP contribution in [0.25, 0.3) is 0 Å². The van der Waals surface area contributed by atoms with Gasteiger partial charge in [0.1, 0.15) is 0 Å². The molecule has 142 valence electrons. The molecule has 7 heteroatoms. The second-order valence-corrected chi connectivity index (χ2v) is 7.94. The summed E-state index contributed by atoms with van der Waals surface area (Å²) in [5, 5.41) is 3.65. The smallest absolute Gasteiger partial charge is 0.193 e. The summed E-state index contributed by atoms with van der Waals surface area (Å²) in [6, 6.07) is 0.642. The topological polar surface area (TPSA) is 46.6 Å². The third kappa shape index (κ3) is 4.27. The van der Waals surface area contributed by atoms with Crippen molar-refractivity contribution in [3.8, 4) is 0 Å². The molecule has 2 unspecified atom stereocenters. The van der Waals surface area contributed by atoms with Gasteiger partial charge in [0.15, 0.2) is 5.96 Å². The van der Waals surface area contributed by atoms with E-state index in [0.717, 1.165) is 57.8 Å². The first-order valence-electron chi connectivity index (χ1n) is 10.0. The predicted octanol–water partition coefficient (Wildman–Crippen LogP) is -0.784. The van der Waals surface area contributed by atoms with E-state index in [1.807, 2.05) is 7.05 Å². The zero-order valence-electron chi connectivity index (χ0n) is 15.7. The quantitative estimate of drug-likeness (QED) is 0.530. The van der Waals surface area contributed by atoms with Crippen molar-refractivity contribution in [1.82, 2.24) is 24.9 Å². The highest BCUT2D eigenvalue weighted by Gasteiger charge is 2.32. The van der Waals surface area contributed by atoms with Gasteiger partial charge in [0, 0.05) is 91.7 Å². The first-order chi connectivity index (χ1) is 12.3. The highest BCUT2D eigenvalue weighted by molar-refractivity contribution is 5.80. The molecule has 0 radical (unpaired) electrons. The minimum Gasteiger partial charge on any atom is -0.381 e. The van der Waals surface area contributed by atoms with E-state index in [4.69, 9.17) is 4.74 Å². The molecule has 5 aliphatic rings. The summed E-state index contributed by atoms with van der Waals surface area (Å²) >= 11 is 0. The lowest BCUT2D eigenvalue weighted by Gasteiger charge is -2.47. The zero-order chi connectivity index (χ0) is 17.1. The molecule has 0 spiro atoms. The van der Waals surface area contributed by atoms with Crippen LogP contribution in [0.1, 0.15) is 6.42 Å². The number of fused-ring (bicyclic) bond motifs is 3. The van der Waals surface area contributed by atoms with Crippen molar-refractivity contribution in [2.24, 2.45) is 10.9 Å². The van der Waals surface area contributed by atoms with Crippen LogP contribution in [-0.2, 0) is 4.74 Å². The van der Waals surface area contributed by atoms with Crippen LogP contribution in [0.3, 0.4) is 0 Å². The average molecular weight is 351 g/mol. The van der Waals surface area contributed by atoms with Crippen LogP contribution >= 0.6 is 0 Å². The molecule has 2 atom stereocenters. The van der Waals surface area contributed by atoms with E-state index < -0.39 is 0 Å². The molecular formula is C18H34N6O. The van der Waals surface area contributed by atoms with E-state index in [-0.39, 0.29) is 0 Å². The largest absolute Gasteiger partial charge is 0.381 e. The van der Waals surface area contributed by atoms with Crippen LogP contribution in [0, 0.1) is 5.92 Å². The number of piperazine rings is 4.